The van der Waals surface area contributed by atoms with Crippen molar-refractivity contribution in [2.75, 3.05) is 0 Å². The largest absolute Gasteiger partial charge is 2.00 e. The Bertz CT molecular complexity index is 1330. The van der Waals surface area contributed by atoms with Crippen LogP contribution in [0.25, 0.3) is 0 Å². The molecule has 0 amide bonds. The van der Waals surface area contributed by atoms with E-state index in [0.29, 0.717) is 10.3 Å². The fraction of sp³-hybridized carbons (Fsp3) is 0.783. The smallest absolute Gasteiger partial charge is 0.214 e. The van der Waals surface area contributed by atoms with E-state index in [-0.39, 0.29) is 32.9 Å². The zero-order chi connectivity index (χ0) is 36.1. The van der Waals surface area contributed by atoms with Gasteiger partial charge in [0, 0.05) is 8.07 Å². The molecule has 0 N–H and O–H groups in total. The first-order valence-electron chi connectivity index (χ1n) is 21.2. The van der Waals surface area contributed by atoms with Gasteiger partial charge < -0.3 is 0 Å². The van der Waals surface area contributed by atoms with Crippen LogP contribution < -0.4 is 10.4 Å². The van der Waals surface area contributed by atoms with Crippen LogP contribution in [0.3, 0.4) is 0 Å². The molecule has 0 nitrogen and oxygen atoms in total. The molecule has 8 saturated carbocycles. The van der Waals surface area contributed by atoms with Gasteiger partial charge in [-0.1, -0.05) is 94.9 Å². The van der Waals surface area contributed by atoms with Crippen LogP contribution in [0.2, 0.25) is 39.3 Å². The molecule has 51 heavy (non-hydrogen) atoms. The first-order chi connectivity index (χ1) is 23.2. The summed E-state index contributed by atoms with van der Waals surface area (Å²) in [4.78, 5) is 0. The van der Waals surface area contributed by atoms with Gasteiger partial charge in [-0.2, -0.15) is 39.7 Å². The molecule has 0 heterocycles. The molecular formula is C46H76FeP2Si2. The minimum atomic E-state index is -1.54. The van der Waals surface area contributed by atoms with Crippen LogP contribution in [0, 0.1) is 35.5 Å². The third kappa shape index (κ3) is 8.32. The Kier molecular flexibility index (Phi) is 11.7. The van der Waals surface area contributed by atoms with Gasteiger partial charge in [0.25, 0.3) is 0 Å². The molecule has 2 aromatic rings. The number of rotatable bonds is 8. The molecular weight excluding hydrogens is 726 g/mol. The summed E-state index contributed by atoms with van der Waals surface area (Å²) >= 11 is 0. The molecule has 8 fully saturated rings. The van der Waals surface area contributed by atoms with Crippen LogP contribution in [0.1, 0.15) is 130 Å². The van der Waals surface area contributed by atoms with Crippen LogP contribution >= 0.6 is 15.8 Å². The Labute approximate surface area is 331 Å². The molecule has 0 saturated heterocycles. The van der Waals surface area contributed by atoms with Crippen LogP contribution in [0.15, 0.2) is 36.4 Å². The molecule has 0 aromatic heterocycles. The summed E-state index contributed by atoms with van der Waals surface area (Å²) in [6.45, 7) is 31.6. The Balaban J connectivity index is 0.000000689. The van der Waals surface area contributed by atoms with Gasteiger partial charge in [-0.3, -0.25) is 0 Å². The normalized spacial score (nSPS) is 34.8. The molecule has 286 valence electrons. The van der Waals surface area contributed by atoms with Gasteiger partial charge in [-0.25, -0.2) is 18.2 Å². The molecule has 0 spiro atoms. The fourth-order valence-electron chi connectivity index (χ4n) is 14.2. The van der Waals surface area contributed by atoms with Gasteiger partial charge in [0.1, 0.15) is 0 Å². The van der Waals surface area contributed by atoms with Gasteiger partial charge in [0.2, 0.25) is 0 Å². The van der Waals surface area contributed by atoms with Crippen molar-refractivity contribution in [2.45, 2.75) is 191 Å². The molecule has 0 aliphatic heterocycles. The monoisotopic (exact) mass is 802 g/mol. The van der Waals surface area contributed by atoms with E-state index in [1.54, 1.807) is 77.0 Å². The van der Waals surface area contributed by atoms with Crippen LogP contribution in [-0.4, -0.2) is 36.8 Å². The summed E-state index contributed by atoms with van der Waals surface area (Å²) in [6, 6.07) is 13.0. The standard InChI is InChI=1S/C41H71P2Si2.C5H5.Fe/c1-38(2,3)42(39(4,5)6)27-35-34(19-36(44(7,8)9)37(35)45(10,11)12)26-43(40-20-28-13-29(21-40)15-30(14-28)22-40)41-23-31-16-32(24-41)18-33(17-31)25-41;1-2-4-5-3-1;/h19,28-33H,13-18,20-27H2,1-12H3;1-5H;/q2*-1;+2. The first-order valence-corrected chi connectivity index (χ1v) is 31.3. The Hall–Kier alpha value is 0.513. The molecule has 0 unspecified atom stereocenters. The minimum Gasteiger partial charge on any atom is -0.214 e. The summed E-state index contributed by atoms with van der Waals surface area (Å²) in [5.41, 5.74) is 3.88. The van der Waals surface area contributed by atoms with E-state index < -0.39 is 16.1 Å². The second-order valence-electron chi connectivity index (χ2n) is 23.2. The maximum absolute atomic E-state index is 2.96. The molecule has 10 rings (SSSR count). The van der Waals surface area contributed by atoms with Gasteiger partial charge in [-0.15, -0.1) is 7.92 Å². The van der Waals surface area contributed by atoms with E-state index >= 15 is 0 Å². The fourth-order valence-corrected chi connectivity index (χ4v) is 28.9. The number of hydrogen-bond donors (Lipinski definition) is 0. The van der Waals surface area contributed by atoms with E-state index in [4.69, 9.17) is 0 Å². The molecule has 8 aliphatic carbocycles. The van der Waals surface area contributed by atoms with Crippen molar-refractivity contribution in [1.29, 1.82) is 0 Å². The maximum atomic E-state index is 2.96. The molecule has 0 radical (unpaired) electrons. The van der Waals surface area contributed by atoms with Crippen molar-refractivity contribution in [3.8, 4) is 0 Å². The minimum absolute atomic E-state index is 0. The molecule has 2 aromatic carbocycles. The molecule has 8 bridgehead atoms. The zero-order valence-corrected chi connectivity index (χ0v) is 40.0. The zero-order valence-electron chi connectivity index (χ0n) is 35.1. The van der Waals surface area contributed by atoms with E-state index in [1.165, 1.54) is 12.3 Å². The predicted molar refractivity (Wildman–Crippen MR) is 233 cm³/mol. The molecule has 0 atom stereocenters. The van der Waals surface area contributed by atoms with Gasteiger partial charge in [0.05, 0.1) is 8.07 Å². The second kappa shape index (κ2) is 14.5. The van der Waals surface area contributed by atoms with Gasteiger partial charge in [-0.05, 0) is 139 Å². The van der Waals surface area contributed by atoms with Crippen LogP contribution in [0.4, 0.5) is 0 Å². The van der Waals surface area contributed by atoms with E-state index in [0.717, 1.165) is 45.8 Å². The topological polar surface area (TPSA) is 0 Å². The second-order valence-corrected chi connectivity index (χ2v) is 40.2. The van der Waals surface area contributed by atoms with Crippen molar-refractivity contribution in [2.24, 2.45) is 35.5 Å². The Morgan fingerprint density at radius 2 is 1.02 bits per heavy atom. The Morgan fingerprint density at radius 1 is 0.647 bits per heavy atom. The van der Waals surface area contributed by atoms with E-state index in [9.17, 15) is 0 Å². The third-order valence-corrected chi connectivity index (χ3v) is 27.1. The van der Waals surface area contributed by atoms with Crippen molar-refractivity contribution >= 4 is 42.4 Å². The van der Waals surface area contributed by atoms with Crippen molar-refractivity contribution < 1.29 is 17.1 Å². The Morgan fingerprint density at radius 3 is 1.29 bits per heavy atom. The summed E-state index contributed by atoms with van der Waals surface area (Å²) in [7, 11) is -3.19. The first kappa shape index (κ1) is 41.2. The maximum Gasteiger partial charge on any atom is 2.00 e. The summed E-state index contributed by atoms with van der Waals surface area (Å²) in [5, 5.41) is 6.06. The van der Waals surface area contributed by atoms with E-state index in [2.05, 4.69) is 86.9 Å². The average molecular weight is 803 g/mol. The summed E-state index contributed by atoms with van der Waals surface area (Å²) < 4.78 is 0. The number of hydrogen-bond acceptors (Lipinski definition) is 0. The van der Waals surface area contributed by atoms with Crippen LogP contribution in [0.5, 0.6) is 0 Å². The summed E-state index contributed by atoms with van der Waals surface area (Å²) in [5.74, 6) is 6.49. The third-order valence-electron chi connectivity index (χ3n) is 14.8. The SMILES string of the molecule is CC(C)(C)P(Cc1c(CP(C23CC4CC(CC(C4)C2)C3)C23CC4CC(CC(C4)C2)C3)cc([Si](C)(C)C)[c-]1[Si](C)(C)C)C(C)(C)C.[Fe+2].c1cc[cH-]c1. The molecule has 5 heteroatoms. The predicted octanol–water partition coefficient (Wildman–Crippen LogP) is 13.4. The van der Waals surface area contributed by atoms with Crippen molar-refractivity contribution in [3.05, 3.63) is 47.5 Å². The van der Waals surface area contributed by atoms with Crippen LogP contribution in [-0.2, 0) is 29.4 Å². The molecule has 8 aliphatic rings. The van der Waals surface area contributed by atoms with Crippen molar-refractivity contribution in [1.82, 2.24) is 0 Å². The van der Waals surface area contributed by atoms with E-state index in [1.807, 2.05) is 51.8 Å². The average Bonchev–Trinajstić information content (AvgIpc) is 3.64. The summed E-state index contributed by atoms with van der Waals surface area (Å²) in [6.07, 6.45) is 22.4. The quantitative estimate of drug-likeness (QED) is 0.142. The van der Waals surface area contributed by atoms with Gasteiger partial charge in [0.15, 0.2) is 0 Å². The van der Waals surface area contributed by atoms with Crippen molar-refractivity contribution in [3.63, 3.8) is 0 Å². The van der Waals surface area contributed by atoms with Gasteiger partial charge >= 0.3 is 17.1 Å².